The van der Waals surface area contributed by atoms with Gasteiger partial charge in [-0.2, -0.15) is 0 Å². The zero-order valence-corrected chi connectivity index (χ0v) is 10.6. The first-order chi connectivity index (χ1) is 8.14. The third kappa shape index (κ3) is 2.79. The topological polar surface area (TPSA) is 41.5 Å². The molecule has 3 heteroatoms. The molecule has 1 saturated heterocycles. The van der Waals surface area contributed by atoms with Gasteiger partial charge in [0.05, 0.1) is 12.7 Å². The number of β-amino-alcohol motifs (C(OH)–C–C–N with tert-alkyl or cyclic N) is 1. The standard InChI is InChI=1S/C14H21NO2/c1-11-5-3-6-12(13(11)17-2)9-14(16)7-4-8-15-10-14/h3,5-6,15-16H,4,7-10H2,1-2H3. The molecule has 2 N–H and O–H groups in total. The Kier molecular flexibility index (Phi) is 3.69. The Balaban J connectivity index is 2.20. The number of rotatable bonds is 3. The van der Waals surface area contributed by atoms with E-state index in [0.29, 0.717) is 13.0 Å². The van der Waals surface area contributed by atoms with Crippen LogP contribution in [0.2, 0.25) is 0 Å². The van der Waals surface area contributed by atoms with E-state index in [1.54, 1.807) is 7.11 Å². The number of methoxy groups -OCH3 is 1. The van der Waals surface area contributed by atoms with Crippen LogP contribution in [-0.2, 0) is 6.42 Å². The maximum absolute atomic E-state index is 10.5. The number of nitrogens with one attached hydrogen (secondary N) is 1. The lowest BCUT2D eigenvalue weighted by Crippen LogP contribution is -2.47. The highest BCUT2D eigenvalue weighted by atomic mass is 16.5. The van der Waals surface area contributed by atoms with Gasteiger partial charge in [-0.25, -0.2) is 0 Å². The van der Waals surface area contributed by atoms with E-state index in [-0.39, 0.29) is 0 Å². The van der Waals surface area contributed by atoms with Crippen LogP contribution in [0.15, 0.2) is 18.2 Å². The third-order valence-electron chi connectivity index (χ3n) is 3.47. The van der Waals surface area contributed by atoms with E-state index in [1.165, 1.54) is 0 Å². The molecular weight excluding hydrogens is 214 g/mol. The lowest BCUT2D eigenvalue weighted by molar-refractivity contribution is 0.0165. The Hall–Kier alpha value is -1.06. The number of hydrogen-bond acceptors (Lipinski definition) is 3. The first kappa shape index (κ1) is 12.4. The molecule has 2 rings (SSSR count). The number of ether oxygens (including phenoxy) is 1. The molecule has 1 aliphatic heterocycles. The zero-order valence-electron chi connectivity index (χ0n) is 10.6. The molecule has 1 atom stereocenters. The molecule has 0 radical (unpaired) electrons. The highest BCUT2D eigenvalue weighted by molar-refractivity contribution is 5.41. The quantitative estimate of drug-likeness (QED) is 0.837. The second-order valence-corrected chi connectivity index (χ2v) is 4.95. The highest BCUT2D eigenvalue weighted by Crippen LogP contribution is 2.29. The van der Waals surface area contributed by atoms with Gasteiger partial charge in [0.1, 0.15) is 5.75 Å². The number of piperidine rings is 1. The first-order valence-electron chi connectivity index (χ1n) is 6.20. The molecule has 0 saturated carbocycles. The SMILES string of the molecule is COc1c(C)cccc1CC1(O)CCCNC1. The molecule has 1 aromatic rings. The Labute approximate surface area is 103 Å². The molecular formula is C14H21NO2. The van der Waals surface area contributed by atoms with Gasteiger partial charge in [-0.15, -0.1) is 0 Å². The van der Waals surface area contributed by atoms with Crippen molar-refractivity contribution in [1.82, 2.24) is 5.32 Å². The maximum atomic E-state index is 10.5. The second-order valence-electron chi connectivity index (χ2n) is 4.95. The van der Waals surface area contributed by atoms with Crippen molar-refractivity contribution in [3.63, 3.8) is 0 Å². The van der Waals surface area contributed by atoms with Gasteiger partial charge in [0.15, 0.2) is 0 Å². The number of para-hydroxylation sites is 1. The Morgan fingerprint density at radius 3 is 2.94 bits per heavy atom. The van der Waals surface area contributed by atoms with E-state index in [1.807, 2.05) is 25.1 Å². The number of aliphatic hydroxyl groups is 1. The zero-order chi connectivity index (χ0) is 12.3. The van der Waals surface area contributed by atoms with Crippen molar-refractivity contribution in [3.05, 3.63) is 29.3 Å². The second kappa shape index (κ2) is 5.07. The molecule has 1 heterocycles. The van der Waals surface area contributed by atoms with Crippen LogP contribution in [0.5, 0.6) is 5.75 Å². The molecule has 0 aromatic heterocycles. The minimum atomic E-state index is -0.626. The van der Waals surface area contributed by atoms with Crippen LogP contribution in [0.1, 0.15) is 24.0 Å². The van der Waals surface area contributed by atoms with Crippen LogP contribution in [0, 0.1) is 6.92 Å². The van der Waals surface area contributed by atoms with Gasteiger partial charge in [0, 0.05) is 13.0 Å². The van der Waals surface area contributed by atoms with Gasteiger partial charge in [-0.1, -0.05) is 18.2 Å². The molecule has 1 aliphatic rings. The van der Waals surface area contributed by atoms with Gasteiger partial charge in [-0.3, -0.25) is 0 Å². The molecule has 0 spiro atoms. The minimum absolute atomic E-state index is 0.626. The summed E-state index contributed by atoms with van der Waals surface area (Å²) in [5.74, 6) is 0.909. The number of hydrogen-bond donors (Lipinski definition) is 2. The summed E-state index contributed by atoms with van der Waals surface area (Å²) in [6.07, 6.45) is 2.55. The first-order valence-corrected chi connectivity index (χ1v) is 6.20. The van der Waals surface area contributed by atoms with E-state index in [0.717, 1.165) is 36.3 Å². The Bertz CT molecular complexity index is 384. The van der Waals surface area contributed by atoms with Crippen LogP contribution >= 0.6 is 0 Å². The fraction of sp³-hybridized carbons (Fsp3) is 0.571. The monoisotopic (exact) mass is 235 g/mol. The summed E-state index contributed by atoms with van der Waals surface area (Å²) < 4.78 is 5.43. The van der Waals surface area contributed by atoms with Crippen molar-refractivity contribution in [2.75, 3.05) is 20.2 Å². The lowest BCUT2D eigenvalue weighted by Gasteiger charge is -2.33. The normalized spacial score (nSPS) is 24.6. The van der Waals surface area contributed by atoms with Gasteiger partial charge in [-0.05, 0) is 37.4 Å². The Morgan fingerprint density at radius 1 is 1.47 bits per heavy atom. The highest BCUT2D eigenvalue weighted by Gasteiger charge is 2.30. The third-order valence-corrected chi connectivity index (χ3v) is 3.47. The summed E-state index contributed by atoms with van der Waals surface area (Å²) in [6, 6.07) is 6.09. The number of aryl methyl sites for hydroxylation is 1. The van der Waals surface area contributed by atoms with Gasteiger partial charge in [0.2, 0.25) is 0 Å². The van der Waals surface area contributed by atoms with E-state index < -0.39 is 5.60 Å². The van der Waals surface area contributed by atoms with Crippen molar-refractivity contribution in [1.29, 1.82) is 0 Å². The van der Waals surface area contributed by atoms with Crippen LogP contribution in [-0.4, -0.2) is 30.9 Å². The van der Waals surface area contributed by atoms with Crippen LogP contribution < -0.4 is 10.1 Å². The molecule has 1 aromatic carbocycles. The molecule has 17 heavy (non-hydrogen) atoms. The largest absolute Gasteiger partial charge is 0.496 e. The van der Waals surface area contributed by atoms with E-state index in [9.17, 15) is 5.11 Å². The molecule has 0 bridgehead atoms. The molecule has 0 amide bonds. The van der Waals surface area contributed by atoms with Crippen LogP contribution in [0.4, 0.5) is 0 Å². The Morgan fingerprint density at radius 2 is 2.29 bits per heavy atom. The van der Waals surface area contributed by atoms with E-state index in [4.69, 9.17) is 4.74 Å². The van der Waals surface area contributed by atoms with Gasteiger partial charge in [0.25, 0.3) is 0 Å². The fourth-order valence-corrected chi connectivity index (χ4v) is 2.60. The van der Waals surface area contributed by atoms with Crippen LogP contribution in [0.25, 0.3) is 0 Å². The van der Waals surface area contributed by atoms with Crippen molar-refractivity contribution in [2.24, 2.45) is 0 Å². The van der Waals surface area contributed by atoms with Crippen molar-refractivity contribution in [3.8, 4) is 5.75 Å². The fourth-order valence-electron chi connectivity index (χ4n) is 2.60. The summed E-state index contributed by atoms with van der Waals surface area (Å²) in [4.78, 5) is 0. The number of benzene rings is 1. The summed E-state index contributed by atoms with van der Waals surface area (Å²) in [6.45, 7) is 3.71. The van der Waals surface area contributed by atoms with Gasteiger partial charge >= 0.3 is 0 Å². The minimum Gasteiger partial charge on any atom is -0.496 e. The van der Waals surface area contributed by atoms with Crippen molar-refractivity contribution in [2.45, 2.75) is 31.8 Å². The molecule has 1 fully saturated rings. The molecule has 94 valence electrons. The predicted molar refractivity (Wildman–Crippen MR) is 68.5 cm³/mol. The van der Waals surface area contributed by atoms with Gasteiger partial charge < -0.3 is 15.2 Å². The molecule has 3 nitrogen and oxygen atoms in total. The summed E-state index contributed by atoms with van der Waals surface area (Å²) in [5, 5.41) is 13.8. The molecule has 1 unspecified atom stereocenters. The smallest absolute Gasteiger partial charge is 0.125 e. The maximum Gasteiger partial charge on any atom is 0.125 e. The average molecular weight is 235 g/mol. The summed E-state index contributed by atoms with van der Waals surface area (Å²) >= 11 is 0. The van der Waals surface area contributed by atoms with E-state index >= 15 is 0 Å². The predicted octanol–water partition coefficient (Wildman–Crippen LogP) is 1.66. The lowest BCUT2D eigenvalue weighted by atomic mass is 9.87. The van der Waals surface area contributed by atoms with Crippen molar-refractivity contribution < 1.29 is 9.84 Å². The summed E-state index contributed by atoms with van der Waals surface area (Å²) in [5.41, 5.74) is 1.59. The average Bonchev–Trinajstić information content (AvgIpc) is 2.30. The molecule has 0 aliphatic carbocycles. The van der Waals surface area contributed by atoms with Crippen LogP contribution in [0.3, 0.4) is 0 Å². The van der Waals surface area contributed by atoms with E-state index in [2.05, 4.69) is 5.32 Å². The van der Waals surface area contributed by atoms with Crippen molar-refractivity contribution >= 4 is 0 Å². The summed E-state index contributed by atoms with van der Waals surface area (Å²) in [7, 11) is 1.69.